The van der Waals surface area contributed by atoms with Crippen molar-refractivity contribution in [2.24, 2.45) is 5.73 Å². The van der Waals surface area contributed by atoms with Gasteiger partial charge < -0.3 is 10.5 Å². The molecule has 2 aromatic rings. The molecule has 0 aliphatic heterocycles. The van der Waals surface area contributed by atoms with Crippen LogP contribution in [0.15, 0.2) is 54.6 Å². The van der Waals surface area contributed by atoms with Gasteiger partial charge in [-0.05, 0) is 37.3 Å². The van der Waals surface area contributed by atoms with Crippen LogP contribution >= 0.6 is 0 Å². The normalized spacial score (nSPS) is 16.0. The third-order valence-electron chi connectivity index (χ3n) is 4.48. The molecule has 0 saturated heterocycles. The highest BCUT2D eigenvalue weighted by Crippen LogP contribution is 2.27. The molecule has 3 rings (SSSR count). The Balaban J connectivity index is 1.69. The molecule has 4 nitrogen and oxygen atoms in total. The summed E-state index contributed by atoms with van der Waals surface area (Å²) in [7, 11) is 0. The average Bonchev–Trinajstić information content (AvgIpc) is 3.10. The number of carbonyl (C=O) groups is 1. The molecule has 4 heteroatoms. The zero-order valence-electron chi connectivity index (χ0n) is 13.8. The topological polar surface area (TPSA) is 64.4 Å². The van der Waals surface area contributed by atoms with E-state index in [1.165, 1.54) is 12.8 Å². The summed E-state index contributed by atoms with van der Waals surface area (Å²) in [4.78, 5) is 11.8. The third kappa shape index (κ3) is 4.15. The summed E-state index contributed by atoms with van der Waals surface area (Å²) < 4.78 is 6.15. The second-order valence-corrected chi connectivity index (χ2v) is 6.26. The Labute approximate surface area is 143 Å². The third-order valence-corrected chi connectivity index (χ3v) is 4.48. The van der Waals surface area contributed by atoms with Gasteiger partial charge in [0.05, 0.1) is 6.10 Å². The smallest absolute Gasteiger partial charge is 0.239 e. The van der Waals surface area contributed by atoms with E-state index < -0.39 is 6.04 Å². The Morgan fingerprint density at radius 1 is 1.08 bits per heavy atom. The molecule has 0 bridgehead atoms. The van der Waals surface area contributed by atoms with Gasteiger partial charge in [0, 0.05) is 12.1 Å². The lowest BCUT2D eigenvalue weighted by Crippen LogP contribution is -2.33. The van der Waals surface area contributed by atoms with Crippen LogP contribution in [0.3, 0.4) is 0 Å². The summed E-state index contributed by atoms with van der Waals surface area (Å²) >= 11 is 0. The molecule has 0 spiro atoms. The molecule has 0 aromatic heterocycles. The van der Waals surface area contributed by atoms with E-state index in [0.29, 0.717) is 12.6 Å². The molecule has 1 atom stereocenters. The highest BCUT2D eigenvalue weighted by atomic mass is 16.5. The molecule has 0 radical (unpaired) electrons. The quantitative estimate of drug-likeness (QED) is 0.821. The predicted octanol–water partition coefficient (Wildman–Crippen LogP) is 3.32. The highest BCUT2D eigenvalue weighted by Gasteiger charge is 2.20. The van der Waals surface area contributed by atoms with Crippen molar-refractivity contribution in [3.05, 3.63) is 65.7 Å². The van der Waals surface area contributed by atoms with E-state index in [1.807, 2.05) is 54.6 Å². The fourth-order valence-electron chi connectivity index (χ4n) is 3.19. The first-order valence-corrected chi connectivity index (χ1v) is 8.56. The molecular formula is C20H24N2O2. The van der Waals surface area contributed by atoms with Crippen molar-refractivity contribution < 1.29 is 9.53 Å². The van der Waals surface area contributed by atoms with Crippen molar-refractivity contribution in [2.45, 2.75) is 44.4 Å². The standard InChI is InChI=1S/C20H24N2O2/c21-20(23)19(15-8-2-1-3-9-15)22-14-16-10-4-7-13-18(16)24-17-11-5-6-12-17/h1-4,7-10,13,17,19,22H,5-6,11-12,14H2,(H2,21,23)/t19-/m0/s1. The lowest BCUT2D eigenvalue weighted by molar-refractivity contribution is -0.120. The molecule has 1 fully saturated rings. The average molecular weight is 324 g/mol. The fourth-order valence-corrected chi connectivity index (χ4v) is 3.19. The molecule has 1 aliphatic carbocycles. The number of rotatable bonds is 7. The van der Waals surface area contributed by atoms with Gasteiger partial charge >= 0.3 is 0 Å². The summed E-state index contributed by atoms with van der Waals surface area (Å²) in [5, 5.41) is 3.26. The minimum atomic E-state index is -0.509. The van der Waals surface area contributed by atoms with Crippen LogP contribution in [0.5, 0.6) is 5.75 Å². The summed E-state index contributed by atoms with van der Waals surface area (Å²) in [5.41, 5.74) is 7.49. The Bertz CT molecular complexity index is 666. The van der Waals surface area contributed by atoms with Gasteiger partial charge in [-0.3, -0.25) is 10.1 Å². The van der Waals surface area contributed by atoms with Gasteiger partial charge in [-0.15, -0.1) is 0 Å². The van der Waals surface area contributed by atoms with Gasteiger partial charge in [-0.2, -0.15) is 0 Å². The van der Waals surface area contributed by atoms with Crippen molar-refractivity contribution in [3.8, 4) is 5.75 Å². The summed E-state index contributed by atoms with van der Waals surface area (Å²) in [6, 6.07) is 17.0. The summed E-state index contributed by atoms with van der Waals surface area (Å²) in [6.07, 6.45) is 5.03. The van der Waals surface area contributed by atoms with E-state index in [0.717, 1.165) is 29.7 Å². The van der Waals surface area contributed by atoms with Crippen LogP contribution in [0.2, 0.25) is 0 Å². The van der Waals surface area contributed by atoms with Gasteiger partial charge in [0.15, 0.2) is 0 Å². The van der Waals surface area contributed by atoms with Gasteiger partial charge in [0.1, 0.15) is 11.8 Å². The zero-order chi connectivity index (χ0) is 16.8. The van der Waals surface area contributed by atoms with Gasteiger partial charge in [-0.1, -0.05) is 48.5 Å². The van der Waals surface area contributed by atoms with E-state index in [4.69, 9.17) is 10.5 Å². The van der Waals surface area contributed by atoms with E-state index in [9.17, 15) is 4.79 Å². The molecule has 24 heavy (non-hydrogen) atoms. The van der Waals surface area contributed by atoms with Gasteiger partial charge in [-0.25, -0.2) is 0 Å². The largest absolute Gasteiger partial charge is 0.490 e. The van der Waals surface area contributed by atoms with Crippen LogP contribution in [0.4, 0.5) is 0 Å². The number of benzene rings is 2. The fraction of sp³-hybridized carbons (Fsp3) is 0.350. The SMILES string of the molecule is NC(=O)[C@@H](NCc1ccccc1OC1CCCC1)c1ccccc1. The van der Waals surface area contributed by atoms with Crippen LogP contribution in [0, 0.1) is 0 Å². The predicted molar refractivity (Wildman–Crippen MR) is 94.5 cm³/mol. The molecule has 1 amide bonds. The minimum Gasteiger partial charge on any atom is -0.490 e. The van der Waals surface area contributed by atoms with E-state index in [1.54, 1.807) is 0 Å². The summed E-state index contributed by atoms with van der Waals surface area (Å²) in [6.45, 7) is 0.533. The molecule has 1 saturated carbocycles. The first-order valence-electron chi connectivity index (χ1n) is 8.56. The monoisotopic (exact) mass is 324 g/mol. The molecule has 3 N–H and O–H groups in total. The van der Waals surface area contributed by atoms with Crippen molar-refractivity contribution in [1.82, 2.24) is 5.32 Å². The maximum absolute atomic E-state index is 11.8. The van der Waals surface area contributed by atoms with Crippen LogP contribution in [0.25, 0.3) is 0 Å². The second-order valence-electron chi connectivity index (χ2n) is 6.26. The van der Waals surface area contributed by atoms with Crippen LogP contribution < -0.4 is 15.8 Å². The van der Waals surface area contributed by atoms with Crippen molar-refractivity contribution in [2.75, 3.05) is 0 Å². The Hall–Kier alpha value is -2.33. The number of ether oxygens (including phenoxy) is 1. The number of carbonyl (C=O) groups excluding carboxylic acids is 1. The highest BCUT2D eigenvalue weighted by molar-refractivity contribution is 5.81. The van der Waals surface area contributed by atoms with Gasteiger partial charge in [0.2, 0.25) is 5.91 Å². The first kappa shape index (κ1) is 16.5. The number of nitrogens with two attached hydrogens (primary N) is 1. The zero-order valence-corrected chi connectivity index (χ0v) is 13.8. The molecular weight excluding hydrogens is 300 g/mol. The Kier molecular flexibility index (Phi) is 5.49. The number of primary amides is 1. The minimum absolute atomic E-state index is 0.312. The molecule has 0 heterocycles. The van der Waals surface area contributed by atoms with E-state index in [2.05, 4.69) is 5.32 Å². The molecule has 0 unspecified atom stereocenters. The van der Waals surface area contributed by atoms with E-state index in [-0.39, 0.29) is 5.91 Å². The lowest BCUT2D eigenvalue weighted by atomic mass is 10.1. The van der Waals surface area contributed by atoms with Crippen LogP contribution in [-0.4, -0.2) is 12.0 Å². The van der Waals surface area contributed by atoms with Crippen molar-refractivity contribution in [3.63, 3.8) is 0 Å². The maximum Gasteiger partial charge on any atom is 0.239 e. The number of nitrogens with one attached hydrogen (secondary N) is 1. The maximum atomic E-state index is 11.8. The Morgan fingerprint density at radius 3 is 2.46 bits per heavy atom. The van der Waals surface area contributed by atoms with E-state index >= 15 is 0 Å². The first-order chi connectivity index (χ1) is 11.7. The number of para-hydroxylation sites is 1. The molecule has 1 aliphatic rings. The van der Waals surface area contributed by atoms with Gasteiger partial charge in [0.25, 0.3) is 0 Å². The number of hydrogen-bond acceptors (Lipinski definition) is 3. The Morgan fingerprint density at radius 2 is 1.75 bits per heavy atom. The lowest BCUT2D eigenvalue weighted by Gasteiger charge is -2.19. The number of hydrogen-bond donors (Lipinski definition) is 2. The number of amides is 1. The second kappa shape index (κ2) is 7.97. The van der Waals surface area contributed by atoms with Crippen molar-refractivity contribution >= 4 is 5.91 Å². The van der Waals surface area contributed by atoms with Crippen LogP contribution in [0.1, 0.15) is 42.9 Å². The molecule has 126 valence electrons. The van der Waals surface area contributed by atoms with Crippen molar-refractivity contribution in [1.29, 1.82) is 0 Å². The molecule has 2 aromatic carbocycles. The van der Waals surface area contributed by atoms with Crippen LogP contribution in [-0.2, 0) is 11.3 Å². The summed E-state index contributed by atoms with van der Waals surface area (Å²) in [5.74, 6) is 0.517.